The Morgan fingerprint density at radius 1 is 0.593 bits per heavy atom. The van der Waals surface area contributed by atoms with Gasteiger partial charge in [0.05, 0.1) is 6.10 Å². The molecule has 8 rings (SSSR count). The van der Waals surface area contributed by atoms with Gasteiger partial charge in [0.25, 0.3) is 0 Å². The molecule has 0 radical (unpaired) electrons. The van der Waals surface area contributed by atoms with Gasteiger partial charge in [-0.05, 0) is 183 Å². The molecule has 6 fully saturated rings. The highest BCUT2D eigenvalue weighted by Gasteiger charge is 2.60. The van der Waals surface area contributed by atoms with Crippen molar-refractivity contribution in [3.05, 3.63) is 23.3 Å². The highest BCUT2D eigenvalue weighted by Crippen LogP contribution is 2.69. The van der Waals surface area contributed by atoms with E-state index in [1.807, 2.05) is 0 Å². The average Bonchev–Trinajstić information content (AvgIpc) is 3.67. The zero-order valence-electron chi connectivity index (χ0n) is 37.2. The molecule has 0 spiro atoms. The van der Waals surface area contributed by atoms with Crippen LogP contribution in [-0.4, -0.2) is 17.0 Å². The maximum atomic E-state index is 12.0. The fraction of sp³-hybridized carbons (Fsp3) is 0.904. The molecule has 0 heterocycles. The van der Waals surface area contributed by atoms with E-state index in [4.69, 9.17) is 0 Å². The van der Waals surface area contributed by atoms with Gasteiger partial charge in [0.15, 0.2) is 0 Å². The minimum absolute atomic E-state index is 0.0765. The first-order valence-corrected chi connectivity index (χ1v) is 24.1. The predicted octanol–water partition coefficient (Wildman–Crippen LogP) is 14.2. The van der Waals surface area contributed by atoms with Crippen molar-refractivity contribution in [1.82, 2.24) is 0 Å². The SMILES string of the molecule is CC(C)CC[C@@H](C)[C@H]1CC[C@H]2C3CC=C4CC(=O)CC[C@]4(C)[C@H]3CC[C@]12C.CC(C)CC[C@@H](C)[C@H]1CC[C@H]2C3CC=C4C[C@@H](O)CC[C@]4(C)[C@H]3CC[C@]12C. The van der Waals surface area contributed by atoms with Crippen LogP contribution < -0.4 is 0 Å². The standard InChI is InChI=1S/C26H44O.C26H42O/c2*1-17(2)6-7-18(3)22-10-11-23-21-9-8-19-16-20(27)12-14-25(19,4)24(21)13-15-26(22,23)5/h8,17-18,20-24,27H,6-7,9-16H2,1-5H3;8,17-18,21-24H,6-7,9-16H2,1-5H3/t18-,20+,21?,22-,23+,24+,25+,26-;18-,21?,22-,23+,24+,25+,26-/m11/s1. The van der Waals surface area contributed by atoms with Crippen LogP contribution in [0.25, 0.3) is 0 Å². The normalized spacial score (nSPS) is 46.5. The number of carbonyl (C=O) groups excluding carboxylic acids is 1. The fourth-order valence-electron chi connectivity index (χ4n) is 16.7. The van der Waals surface area contributed by atoms with Gasteiger partial charge in [0.2, 0.25) is 0 Å². The Balaban J connectivity index is 0.000000167. The van der Waals surface area contributed by atoms with Crippen molar-refractivity contribution in [2.75, 3.05) is 0 Å². The van der Waals surface area contributed by atoms with Crippen molar-refractivity contribution in [1.29, 1.82) is 0 Å². The summed E-state index contributed by atoms with van der Waals surface area (Å²) in [7, 11) is 0. The average molecular weight is 743 g/mol. The van der Waals surface area contributed by atoms with Crippen molar-refractivity contribution in [3.63, 3.8) is 0 Å². The number of aliphatic hydroxyl groups is 1. The van der Waals surface area contributed by atoms with Crippen LogP contribution in [0, 0.1) is 92.7 Å². The van der Waals surface area contributed by atoms with Crippen molar-refractivity contribution in [2.45, 2.75) is 204 Å². The Morgan fingerprint density at radius 3 is 1.57 bits per heavy atom. The Labute approximate surface area is 334 Å². The summed E-state index contributed by atoms with van der Waals surface area (Å²) in [6.45, 7) is 25.1. The molecule has 0 bridgehead atoms. The van der Waals surface area contributed by atoms with Gasteiger partial charge in [-0.1, -0.05) is 118 Å². The summed E-state index contributed by atoms with van der Waals surface area (Å²) in [5, 5.41) is 10.2. The van der Waals surface area contributed by atoms with Gasteiger partial charge in [0.1, 0.15) is 5.78 Å². The van der Waals surface area contributed by atoms with Gasteiger partial charge in [-0.2, -0.15) is 0 Å². The smallest absolute Gasteiger partial charge is 0.136 e. The molecule has 0 amide bonds. The van der Waals surface area contributed by atoms with Crippen LogP contribution in [0.2, 0.25) is 0 Å². The van der Waals surface area contributed by atoms with E-state index in [2.05, 4.69) is 81.4 Å². The number of hydrogen-bond donors (Lipinski definition) is 1. The molecule has 6 saturated carbocycles. The molecule has 306 valence electrons. The quantitative estimate of drug-likeness (QED) is 0.251. The van der Waals surface area contributed by atoms with Crippen molar-refractivity contribution < 1.29 is 9.90 Å². The lowest BCUT2D eigenvalue weighted by Crippen LogP contribution is -2.50. The molecule has 0 aliphatic heterocycles. The van der Waals surface area contributed by atoms with E-state index in [1.54, 1.807) is 5.57 Å². The van der Waals surface area contributed by atoms with E-state index in [-0.39, 0.29) is 6.10 Å². The molecule has 2 nitrogen and oxygen atoms in total. The van der Waals surface area contributed by atoms with Crippen LogP contribution in [0.3, 0.4) is 0 Å². The summed E-state index contributed by atoms with van der Waals surface area (Å²) in [6.07, 6.45) is 30.8. The highest BCUT2D eigenvalue weighted by molar-refractivity contribution is 5.82. The zero-order valence-corrected chi connectivity index (χ0v) is 37.2. The van der Waals surface area contributed by atoms with Gasteiger partial charge in [-0.25, -0.2) is 0 Å². The van der Waals surface area contributed by atoms with Gasteiger partial charge in [0, 0.05) is 12.8 Å². The largest absolute Gasteiger partial charge is 0.393 e. The van der Waals surface area contributed by atoms with Crippen molar-refractivity contribution in [3.8, 4) is 0 Å². The molecule has 0 aromatic rings. The molecule has 2 unspecified atom stereocenters. The molecular formula is C52H86O2. The molecular weight excluding hydrogens is 657 g/mol. The van der Waals surface area contributed by atoms with E-state index in [0.717, 1.165) is 103 Å². The highest BCUT2D eigenvalue weighted by atomic mass is 16.3. The van der Waals surface area contributed by atoms with Crippen LogP contribution in [0.4, 0.5) is 0 Å². The maximum absolute atomic E-state index is 12.0. The molecule has 2 heteroatoms. The Kier molecular flexibility index (Phi) is 12.0. The topological polar surface area (TPSA) is 37.3 Å². The second kappa shape index (κ2) is 15.7. The third-order valence-electron chi connectivity index (χ3n) is 19.9. The van der Waals surface area contributed by atoms with E-state index in [1.165, 1.54) is 102 Å². The monoisotopic (exact) mass is 743 g/mol. The molecule has 8 aliphatic rings. The summed E-state index contributed by atoms with van der Waals surface area (Å²) in [5.74, 6) is 11.2. The van der Waals surface area contributed by atoms with Crippen LogP contribution in [-0.2, 0) is 4.79 Å². The number of hydrogen-bond acceptors (Lipinski definition) is 2. The predicted molar refractivity (Wildman–Crippen MR) is 228 cm³/mol. The summed E-state index contributed by atoms with van der Waals surface area (Å²) >= 11 is 0. The third-order valence-corrected chi connectivity index (χ3v) is 19.9. The second-order valence-corrected chi connectivity index (χ2v) is 23.5. The Morgan fingerprint density at radius 2 is 1.07 bits per heavy atom. The van der Waals surface area contributed by atoms with E-state index in [0.29, 0.717) is 27.4 Å². The first-order valence-electron chi connectivity index (χ1n) is 24.1. The fourth-order valence-corrected chi connectivity index (χ4v) is 16.7. The summed E-state index contributed by atoms with van der Waals surface area (Å²) in [5.41, 5.74) is 5.02. The molecule has 54 heavy (non-hydrogen) atoms. The lowest BCUT2D eigenvalue weighted by atomic mass is 9.47. The van der Waals surface area contributed by atoms with Crippen LogP contribution in [0.5, 0.6) is 0 Å². The first-order chi connectivity index (χ1) is 25.5. The van der Waals surface area contributed by atoms with Gasteiger partial charge in [-0.15, -0.1) is 0 Å². The van der Waals surface area contributed by atoms with Crippen LogP contribution >= 0.6 is 0 Å². The van der Waals surface area contributed by atoms with Crippen LogP contribution in [0.15, 0.2) is 23.3 Å². The number of Topliss-reactive ketones (excluding diaryl/α,β-unsaturated/α-hetero) is 1. The third kappa shape index (κ3) is 7.24. The summed E-state index contributed by atoms with van der Waals surface area (Å²) < 4.78 is 0. The molecule has 15 atom stereocenters. The summed E-state index contributed by atoms with van der Waals surface area (Å²) in [4.78, 5) is 12.0. The Hall–Kier alpha value is -0.890. The minimum Gasteiger partial charge on any atom is -0.393 e. The summed E-state index contributed by atoms with van der Waals surface area (Å²) in [6, 6.07) is 0. The van der Waals surface area contributed by atoms with Crippen LogP contribution in [0.1, 0.15) is 198 Å². The number of rotatable bonds is 8. The second-order valence-electron chi connectivity index (χ2n) is 23.5. The van der Waals surface area contributed by atoms with Gasteiger partial charge in [-0.3, -0.25) is 4.79 Å². The molecule has 8 aliphatic carbocycles. The molecule has 1 N–H and O–H groups in total. The number of fused-ring (bicyclic) bond motifs is 10. The van der Waals surface area contributed by atoms with Crippen molar-refractivity contribution >= 4 is 5.78 Å². The lowest BCUT2D eigenvalue weighted by molar-refractivity contribution is -0.122. The number of carbonyl (C=O) groups is 1. The van der Waals surface area contributed by atoms with E-state index < -0.39 is 0 Å². The molecule has 0 saturated heterocycles. The van der Waals surface area contributed by atoms with E-state index in [9.17, 15) is 9.90 Å². The number of ketones is 1. The van der Waals surface area contributed by atoms with Crippen molar-refractivity contribution in [2.24, 2.45) is 92.7 Å². The minimum atomic E-state index is -0.0765. The van der Waals surface area contributed by atoms with Gasteiger partial charge < -0.3 is 5.11 Å². The lowest BCUT2D eigenvalue weighted by Gasteiger charge is -2.58. The first kappa shape index (κ1) is 41.3. The van der Waals surface area contributed by atoms with E-state index >= 15 is 0 Å². The number of allylic oxidation sites excluding steroid dienone is 3. The zero-order chi connectivity index (χ0) is 38.8. The molecule has 0 aromatic heterocycles. The Bertz CT molecular complexity index is 1400. The number of aliphatic hydroxyl groups excluding tert-OH is 1. The van der Waals surface area contributed by atoms with Gasteiger partial charge >= 0.3 is 0 Å². The molecule has 0 aromatic carbocycles. The maximum Gasteiger partial charge on any atom is 0.136 e.